The lowest BCUT2D eigenvalue weighted by molar-refractivity contribution is -0.153. The van der Waals surface area contributed by atoms with E-state index in [9.17, 15) is 14.3 Å². The molecule has 52 heavy (non-hydrogen) atoms. The number of rotatable bonds is 40. The summed E-state index contributed by atoms with van der Waals surface area (Å²) in [7, 11) is -4.30. The van der Waals surface area contributed by atoms with Crippen molar-refractivity contribution in [1.29, 1.82) is 0 Å². The Balaban J connectivity index is 4.13. The summed E-state index contributed by atoms with van der Waals surface area (Å²) >= 11 is 0. The molecular formula is C43H80NO7P. The van der Waals surface area contributed by atoms with Crippen molar-refractivity contribution in [3.05, 3.63) is 48.8 Å². The predicted octanol–water partition coefficient (Wildman–Crippen LogP) is 12.8. The Morgan fingerprint density at radius 3 is 1.58 bits per heavy atom. The molecule has 0 aliphatic rings. The Hall–Kier alpha value is -1.70. The normalized spacial score (nSPS) is 13.9. The van der Waals surface area contributed by atoms with E-state index in [1.54, 1.807) is 6.26 Å². The molecule has 0 radical (unpaired) electrons. The summed E-state index contributed by atoms with van der Waals surface area (Å²) in [6.45, 7) is 4.19. The number of phosphoric ester groups is 1. The molecule has 0 aliphatic carbocycles. The third-order valence-corrected chi connectivity index (χ3v) is 9.77. The maximum absolute atomic E-state index is 12.6. The van der Waals surface area contributed by atoms with Gasteiger partial charge in [0.2, 0.25) is 0 Å². The minimum Gasteiger partial charge on any atom is -0.498 e. The van der Waals surface area contributed by atoms with Gasteiger partial charge in [-0.2, -0.15) is 0 Å². The van der Waals surface area contributed by atoms with Crippen molar-refractivity contribution in [3.8, 4) is 0 Å². The number of hydrogen-bond donors (Lipinski definition) is 2. The SMILES string of the molecule is CCCCC/C=C\C/C=C\CCCCCCCCCC(=O)O[C@H](CO/C=C\CCCCCC/C=C\CCCCCCCC)COP(=O)(O)OCCN. The number of phosphoric acid groups is 1. The largest absolute Gasteiger partial charge is 0.498 e. The molecule has 0 saturated heterocycles. The Morgan fingerprint density at radius 1 is 0.596 bits per heavy atom. The van der Waals surface area contributed by atoms with E-state index in [0.29, 0.717) is 6.42 Å². The Labute approximate surface area is 320 Å². The predicted molar refractivity (Wildman–Crippen MR) is 219 cm³/mol. The average molecular weight is 754 g/mol. The smallest absolute Gasteiger partial charge is 0.472 e. The topological polar surface area (TPSA) is 117 Å². The minimum atomic E-state index is -4.30. The molecule has 2 atom stereocenters. The van der Waals surface area contributed by atoms with Crippen LogP contribution in [0.25, 0.3) is 0 Å². The molecule has 0 aromatic heterocycles. The van der Waals surface area contributed by atoms with E-state index in [2.05, 4.69) is 50.3 Å². The average Bonchev–Trinajstić information content (AvgIpc) is 3.13. The van der Waals surface area contributed by atoms with Crippen LogP contribution in [0.2, 0.25) is 0 Å². The van der Waals surface area contributed by atoms with Crippen LogP contribution in [-0.4, -0.2) is 43.3 Å². The minimum absolute atomic E-state index is 0.0230. The van der Waals surface area contributed by atoms with E-state index in [0.717, 1.165) is 51.4 Å². The van der Waals surface area contributed by atoms with Crippen molar-refractivity contribution in [2.75, 3.05) is 26.4 Å². The summed E-state index contributed by atoms with van der Waals surface area (Å²) in [6, 6.07) is 0. The molecule has 0 heterocycles. The van der Waals surface area contributed by atoms with E-state index in [1.807, 2.05) is 6.08 Å². The summed E-state index contributed by atoms with van der Waals surface area (Å²) < 4.78 is 33.1. The zero-order chi connectivity index (χ0) is 38.1. The van der Waals surface area contributed by atoms with Crippen LogP contribution in [0.1, 0.15) is 187 Å². The number of unbranched alkanes of at least 4 members (excludes halogenated alkanes) is 21. The molecule has 0 spiro atoms. The number of carbonyl (C=O) groups is 1. The Kier molecular flexibility index (Phi) is 39.2. The zero-order valence-corrected chi connectivity index (χ0v) is 34.4. The van der Waals surface area contributed by atoms with E-state index >= 15 is 0 Å². The molecule has 0 aliphatic heterocycles. The highest BCUT2D eigenvalue weighted by Gasteiger charge is 2.25. The third-order valence-electron chi connectivity index (χ3n) is 8.78. The van der Waals surface area contributed by atoms with Gasteiger partial charge in [0.1, 0.15) is 6.61 Å². The molecule has 0 aromatic carbocycles. The van der Waals surface area contributed by atoms with Crippen LogP contribution in [0.15, 0.2) is 48.8 Å². The number of nitrogens with two attached hydrogens (primary N) is 1. The number of esters is 1. The molecule has 0 fully saturated rings. The summed E-state index contributed by atoms with van der Waals surface area (Å²) in [5.41, 5.74) is 5.36. The lowest BCUT2D eigenvalue weighted by Crippen LogP contribution is -2.27. The first-order valence-electron chi connectivity index (χ1n) is 21.2. The van der Waals surface area contributed by atoms with E-state index in [4.69, 9.17) is 24.3 Å². The summed E-state index contributed by atoms with van der Waals surface area (Å²) in [4.78, 5) is 22.4. The van der Waals surface area contributed by atoms with Gasteiger partial charge in [-0.05, 0) is 83.1 Å². The fourth-order valence-electron chi connectivity index (χ4n) is 5.63. The van der Waals surface area contributed by atoms with Gasteiger partial charge in [-0.15, -0.1) is 0 Å². The summed E-state index contributed by atoms with van der Waals surface area (Å²) in [5, 5.41) is 0. The fourth-order valence-corrected chi connectivity index (χ4v) is 6.40. The van der Waals surface area contributed by atoms with Crippen LogP contribution < -0.4 is 5.73 Å². The molecular weight excluding hydrogens is 673 g/mol. The molecule has 304 valence electrons. The van der Waals surface area contributed by atoms with Gasteiger partial charge in [-0.25, -0.2) is 4.57 Å². The van der Waals surface area contributed by atoms with Gasteiger partial charge in [0.15, 0.2) is 6.10 Å². The second-order valence-electron chi connectivity index (χ2n) is 13.9. The maximum Gasteiger partial charge on any atom is 0.472 e. The quantitative estimate of drug-likeness (QED) is 0.0209. The molecule has 8 nitrogen and oxygen atoms in total. The van der Waals surface area contributed by atoms with Crippen LogP contribution in [-0.2, 0) is 27.9 Å². The van der Waals surface area contributed by atoms with Gasteiger partial charge in [0, 0.05) is 13.0 Å². The molecule has 3 N–H and O–H groups in total. The highest BCUT2D eigenvalue weighted by molar-refractivity contribution is 7.47. The molecule has 0 aromatic rings. The van der Waals surface area contributed by atoms with Crippen molar-refractivity contribution in [3.63, 3.8) is 0 Å². The molecule has 0 rings (SSSR count). The van der Waals surface area contributed by atoms with Crippen molar-refractivity contribution >= 4 is 13.8 Å². The lowest BCUT2D eigenvalue weighted by atomic mass is 10.1. The number of hydrogen-bond acceptors (Lipinski definition) is 7. The first-order valence-corrected chi connectivity index (χ1v) is 22.7. The monoisotopic (exact) mass is 754 g/mol. The first kappa shape index (κ1) is 50.3. The Bertz CT molecular complexity index is 936. The molecule has 0 saturated carbocycles. The van der Waals surface area contributed by atoms with Gasteiger partial charge >= 0.3 is 13.8 Å². The second kappa shape index (κ2) is 40.5. The molecule has 0 bridgehead atoms. The number of ether oxygens (including phenoxy) is 2. The van der Waals surface area contributed by atoms with Gasteiger partial charge in [-0.1, -0.05) is 140 Å². The molecule has 1 unspecified atom stereocenters. The number of carbonyl (C=O) groups excluding carboxylic acids is 1. The zero-order valence-electron chi connectivity index (χ0n) is 33.5. The highest BCUT2D eigenvalue weighted by Crippen LogP contribution is 2.43. The van der Waals surface area contributed by atoms with Gasteiger partial charge < -0.3 is 20.1 Å². The van der Waals surface area contributed by atoms with Crippen molar-refractivity contribution in [1.82, 2.24) is 0 Å². The van der Waals surface area contributed by atoms with Crippen molar-refractivity contribution < 1.29 is 32.8 Å². The van der Waals surface area contributed by atoms with E-state index in [-0.39, 0.29) is 32.3 Å². The maximum atomic E-state index is 12.6. The Morgan fingerprint density at radius 2 is 1.04 bits per heavy atom. The molecule has 0 amide bonds. The van der Waals surface area contributed by atoms with Crippen LogP contribution in [0.4, 0.5) is 0 Å². The van der Waals surface area contributed by atoms with E-state index in [1.165, 1.54) is 116 Å². The lowest BCUT2D eigenvalue weighted by Gasteiger charge is -2.19. The van der Waals surface area contributed by atoms with Gasteiger partial charge in [-0.3, -0.25) is 13.8 Å². The van der Waals surface area contributed by atoms with Crippen molar-refractivity contribution in [2.24, 2.45) is 5.73 Å². The van der Waals surface area contributed by atoms with Crippen molar-refractivity contribution in [2.45, 2.75) is 193 Å². The second-order valence-corrected chi connectivity index (χ2v) is 15.4. The van der Waals surface area contributed by atoms with Crippen LogP contribution in [0.5, 0.6) is 0 Å². The number of allylic oxidation sites excluding steroid dienone is 7. The summed E-state index contributed by atoms with van der Waals surface area (Å²) in [5.74, 6) is -0.364. The summed E-state index contributed by atoms with van der Waals surface area (Å²) in [6.07, 6.45) is 47.9. The highest BCUT2D eigenvalue weighted by atomic mass is 31.2. The van der Waals surface area contributed by atoms with Gasteiger partial charge in [0.05, 0.1) is 19.5 Å². The van der Waals surface area contributed by atoms with E-state index < -0.39 is 13.9 Å². The fraction of sp³-hybridized carbons (Fsp3) is 0.791. The van der Waals surface area contributed by atoms with Crippen LogP contribution >= 0.6 is 7.82 Å². The van der Waals surface area contributed by atoms with Crippen LogP contribution in [0, 0.1) is 0 Å². The molecule has 9 heteroatoms. The first-order chi connectivity index (χ1) is 25.4. The van der Waals surface area contributed by atoms with Crippen LogP contribution in [0.3, 0.4) is 0 Å². The van der Waals surface area contributed by atoms with Gasteiger partial charge in [0.25, 0.3) is 0 Å². The standard InChI is InChI=1S/C43H80NO7P/c1-3-5-7-9-11-13-15-17-19-21-22-24-26-28-30-32-34-36-43(45)51-42(41-50-52(46,47)49-39-37-44)40-48-38-35-33-31-29-27-25-23-20-18-16-14-12-10-8-6-4-2/h11,13,17-20,35,38,42H,3-10,12,14-16,21-34,36-37,39-41,44H2,1-2H3,(H,46,47)/b13-11-,19-17-,20-18-,38-35-/t42-/m1/s1. The third kappa shape index (κ3) is 39.5.